The van der Waals surface area contributed by atoms with Gasteiger partial charge in [0.05, 0.1) is 0 Å². The maximum atomic E-state index is 6.35. The predicted octanol–water partition coefficient (Wildman–Crippen LogP) is 1.93. The number of rotatable bonds is 5. The molecule has 0 saturated carbocycles. The summed E-state index contributed by atoms with van der Waals surface area (Å²) >= 11 is 0. The van der Waals surface area contributed by atoms with Gasteiger partial charge in [0.25, 0.3) is 0 Å². The quantitative estimate of drug-likeness (QED) is 0.851. The van der Waals surface area contributed by atoms with Gasteiger partial charge in [0.15, 0.2) is 0 Å². The van der Waals surface area contributed by atoms with Crippen LogP contribution in [0.15, 0.2) is 24.3 Å². The number of hydrogen-bond acceptors (Lipinski definition) is 3. The van der Waals surface area contributed by atoms with Crippen molar-refractivity contribution in [2.75, 3.05) is 26.2 Å². The number of nitrogens with zero attached hydrogens (tertiary/aromatic N) is 1. The molecule has 2 rings (SSSR count). The molecule has 3 N–H and O–H groups in total. The Morgan fingerprint density at radius 3 is 2.42 bits per heavy atom. The Bertz CT molecular complexity index is 368. The van der Waals surface area contributed by atoms with E-state index in [1.807, 2.05) is 0 Å². The Morgan fingerprint density at radius 1 is 1.21 bits per heavy atom. The van der Waals surface area contributed by atoms with Gasteiger partial charge in [-0.2, -0.15) is 0 Å². The van der Waals surface area contributed by atoms with Crippen molar-refractivity contribution in [3.05, 3.63) is 35.4 Å². The fourth-order valence-electron chi connectivity index (χ4n) is 2.78. The van der Waals surface area contributed by atoms with Crippen molar-refractivity contribution in [3.8, 4) is 0 Å². The van der Waals surface area contributed by atoms with Crippen molar-refractivity contribution in [1.29, 1.82) is 0 Å². The first-order valence-corrected chi connectivity index (χ1v) is 7.50. The van der Waals surface area contributed by atoms with Crippen LogP contribution in [0.2, 0.25) is 0 Å². The first-order chi connectivity index (χ1) is 9.20. The number of piperazine rings is 1. The first kappa shape index (κ1) is 14.5. The molecule has 1 aliphatic heterocycles. The Hall–Kier alpha value is -0.900. The van der Waals surface area contributed by atoms with E-state index in [1.54, 1.807) is 0 Å². The van der Waals surface area contributed by atoms with Crippen molar-refractivity contribution in [1.82, 2.24) is 10.2 Å². The molecule has 1 aromatic rings. The molecule has 0 radical (unpaired) electrons. The van der Waals surface area contributed by atoms with E-state index in [2.05, 4.69) is 48.3 Å². The van der Waals surface area contributed by atoms with Crippen LogP contribution in [0.1, 0.15) is 37.4 Å². The number of nitrogens with one attached hydrogen (secondary N) is 1. The summed E-state index contributed by atoms with van der Waals surface area (Å²) in [7, 11) is 0. The fourth-order valence-corrected chi connectivity index (χ4v) is 2.78. The van der Waals surface area contributed by atoms with Crippen LogP contribution < -0.4 is 11.1 Å². The lowest BCUT2D eigenvalue weighted by atomic mass is 9.98. The topological polar surface area (TPSA) is 41.3 Å². The second kappa shape index (κ2) is 7.04. The molecule has 1 saturated heterocycles. The lowest BCUT2D eigenvalue weighted by Gasteiger charge is -2.34. The van der Waals surface area contributed by atoms with Gasteiger partial charge in [0.2, 0.25) is 0 Å². The van der Waals surface area contributed by atoms with Gasteiger partial charge in [-0.1, -0.05) is 31.2 Å². The minimum atomic E-state index is 0.149. The van der Waals surface area contributed by atoms with Gasteiger partial charge in [-0.25, -0.2) is 0 Å². The average molecular weight is 261 g/mol. The highest BCUT2D eigenvalue weighted by Crippen LogP contribution is 2.19. The molecule has 0 amide bonds. The number of hydrogen-bond donors (Lipinski definition) is 2. The summed E-state index contributed by atoms with van der Waals surface area (Å²) in [6.45, 7) is 8.97. The Labute approximate surface area is 117 Å². The van der Waals surface area contributed by atoms with Crippen LogP contribution in [-0.4, -0.2) is 37.1 Å². The molecule has 1 fully saturated rings. The molecule has 3 nitrogen and oxygen atoms in total. The molecular formula is C16H27N3. The molecular weight excluding hydrogens is 234 g/mol. The number of aryl methyl sites for hydroxylation is 1. The van der Waals surface area contributed by atoms with E-state index in [4.69, 9.17) is 5.73 Å². The zero-order valence-corrected chi connectivity index (χ0v) is 12.2. The zero-order chi connectivity index (χ0) is 13.7. The molecule has 2 unspecified atom stereocenters. The van der Waals surface area contributed by atoms with Gasteiger partial charge in [-0.05, 0) is 30.9 Å². The van der Waals surface area contributed by atoms with E-state index in [-0.39, 0.29) is 6.04 Å². The molecule has 1 heterocycles. The summed E-state index contributed by atoms with van der Waals surface area (Å²) in [4.78, 5) is 2.54. The lowest BCUT2D eigenvalue weighted by molar-refractivity contribution is 0.170. The van der Waals surface area contributed by atoms with E-state index >= 15 is 0 Å². The fraction of sp³-hybridized carbons (Fsp3) is 0.625. The second-order valence-corrected chi connectivity index (χ2v) is 5.57. The highest BCUT2D eigenvalue weighted by Gasteiger charge is 2.19. The summed E-state index contributed by atoms with van der Waals surface area (Å²) in [6, 6.07) is 9.48. The van der Waals surface area contributed by atoms with E-state index in [0.29, 0.717) is 6.04 Å². The van der Waals surface area contributed by atoms with Crippen molar-refractivity contribution in [2.24, 2.45) is 5.73 Å². The summed E-state index contributed by atoms with van der Waals surface area (Å²) < 4.78 is 0. The molecule has 1 aliphatic rings. The van der Waals surface area contributed by atoms with Crippen molar-refractivity contribution < 1.29 is 0 Å². The van der Waals surface area contributed by atoms with Gasteiger partial charge in [0, 0.05) is 38.3 Å². The van der Waals surface area contributed by atoms with Gasteiger partial charge < -0.3 is 11.1 Å². The van der Waals surface area contributed by atoms with Crippen molar-refractivity contribution in [3.63, 3.8) is 0 Å². The van der Waals surface area contributed by atoms with E-state index in [0.717, 1.165) is 39.0 Å². The second-order valence-electron chi connectivity index (χ2n) is 5.57. The van der Waals surface area contributed by atoms with E-state index in [9.17, 15) is 0 Å². The number of nitrogens with two attached hydrogens (primary N) is 1. The SMILES string of the molecule is CCc1ccc(C(N)CC(C)N2CCNCC2)cc1. The highest BCUT2D eigenvalue weighted by atomic mass is 15.2. The number of benzene rings is 1. The summed E-state index contributed by atoms with van der Waals surface area (Å²) in [5, 5.41) is 3.39. The monoisotopic (exact) mass is 261 g/mol. The minimum Gasteiger partial charge on any atom is -0.324 e. The van der Waals surface area contributed by atoms with E-state index < -0.39 is 0 Å². The van der Waals surface area contributed by atoms with Crippen LogP contribution in [-0.2, 0) is 6.42 Å². The lowest BCUT2D eigenvalue weighted by Crippen LogP contribution is -2.48. The maximum Gasteiger partial charge on any atom is 0.0309 e. The standard InChI is InChI=1S/C16H27N3/c1-3-14-4-6-15(7-5-14)16(17)12-13(2)19-10-8-18-9-11-19/h4-7,13,16,18H,3,8-12,17H2,1-2H3. The highest BCUT2D eigenvalue weighted by molar-refractivity contribution is 5.24. The largest absolute Gasteiger partial charge is 0.324 e. The summed E-state index contributed by atoms with van der Waals surface area (Å²) in [5.74, 6) is 0. The Morgan fingerprint density at radius 2 is 1.84 bits per heavy atom. The van der Waals surface area contributed by atoms with Crippen molar-refractivity contribution in [2.45, 2.75) is 38.8 Å². The third kappa shape index (κ3) is 4.03. The predicted molar refractivity (Wildman–Crippen MR) is 81.3 cm³/mol. The average Bonchev–Trinajstić information content (AvgIpc) is 2.48. The third-order valence-electron chi connectivity index (χ3n) is 4.19. The normalized spacial score (nSPS) is 20.2. The molecule has 2 atom stereocenters. The smallest absolute Gasteiger partial charge is 0.0309 e. The van der Waals surface area contributed by atoms with Crippen LogP contribution in [0.25, 0.3) is 0 Å². The zero-order valence-electron chi connectivity index (χ0n) is 12.2. The van der Waals surface area contributed by atoms with Crippen LogP contribution in [0.5, 0.6) is 0 Å². The Balaban J connectivity index is 1.89. The summed E-state index contributed by atoms with van der Waals surface area (Å²) in [5.41, 5.74) is 9.00. The molecule has 0 spiro atoms. The summed E-state index contributed by atoms with van der Waals surface area (Å²) in [6.07, 6.45) is 2.12. The molecule has 0 bridgehead atoms. The van der Waals surface area contributed by atoms with Gasteiger partial charge in [-0.3, -0.25) is 4.90 Å². The van der Waals surface area contributed by atoms with Gasteiger partial charge >= 0.3 is 0 Å². The molecule has 106 valence electrons. The molecule has 0 aromatic heterocycles. The molecule has 19 heavy (non-hydrogen) atoms. The molecule has 0 aliphatic carbocycles. The maximum absolute atomic E-state index is 6.35. The molecule has 1 aromatic carbocycles. The van der Waals surface area contributed by atoms with Crippen LogP contribution in [0.3, 0.4) is 0 Å². The van der Waals surface area contributed by atoms with Gasteiger partial charge in [-0.15, -0.1) is 0 Å². The van der Waals surface area contributed by atoms with E-state index in [1.165, 1.54) is 11.1 Å². The third-order valence-corrected chi connectivity index (χ3v) is 4.19. The first-order valence-electron chi connectivity index (χ1n) is 7.50. The van der Waals surface area contributed by atoms with Crippen LogP contribution >= 0.6 is 0 Å². The van der Waals surface area contributed by atoms with Crippen LogP contribution in [0.4, 0.5) is 0 Å². The van der Waals surface area contributed by atoms with Crippen LogP contribution in [0, 0.1) is 0 Å². The Kier molecular flexibility index (Phi) is 5.37. The van der Waals surface area contributed by atoms with Gasteiger partial charge in [0.1, 0.15) is 0 Å². The molecule has 3 heteroatoms. The minimum absolute atomic E-state index is 0.149. The van der Waals surface area contributed by atoms with Crippen molar-refractivity contribution >= 4 is 0 Å².